The Balaban J connectivity index is 0. The molecule has 13 heavy (non-hydrogen) atoms. The van der Waals surface area contributed by atoms with Crippen LogP contribution in [-0.2, 0) is 0 Å². The Hall–Kier alpha value is -0.480. The van der Waals surface area contributed by atoms with Gasteiger partial charge in [-0.15, -0.1) is 0 Å². The Bertz CT molecular complexity index is 133. The van der Waals surface area contributed by atoms with Gasteiger partial charge in [-0.1, -0.05) is 0 Å². The standard InChI is InChI=1S/C9H19N.H3N.O2/c1-8(2)6-5-7-9(3,4)10-8;;1-2/h10H,5-7H2,1-4H3;1H3;. The van der Waals surface area contributed by atoms with E-state index in [1.807, 2.05) is 0 Å². The van der Waals surface area contributed by atoms with Gasteiger partial charge in [0.15, 0.2) is 0 Å². The average molecular weight is 190 g/mol. The lowest BCUT2D eigenvalue weighted by Crippen LogP contribution is -2.55. The maximum Gasteiger partial charge on any atom is 0.0130 e. The summed E-state index contributed by atoms with van der Waals surface area (Å²) in [6.07, 6.45) is 4.00. The molecule has 0 saturated carbocycles. The van der Waals surface area contributed by atoms with Crippen molar-refractivity contribution >= 4 is 0 Å². The SMILES string of the molecule is CC1(C)CCCC(C)(C)N1.N.O=O. The van der Waals surface area contributed by atoms with Crippen molar-refractivity contribution in [1.29, 1.82) is 0 Å². The molecule has 1 fully saturated rings. The minimum absolute atomic E-state index is 0. The van der Waals surface area contributed by atoms with Crippen molar-refractivity contribution in [2.45, 2.75) is 58.0 Å². The van der Waals surface area contributed by atoms with Gasteiger partial charge < -0.3 is 11.5 Å². The molecular weight excluding hydrogens is 168 g/mol. The lowest BCUT2D eigenvalue weighted by atomic mass is 9.83. The normalized spacial score (nSPS) is 23.4. The topological polar surface area (TPSA) is 81.2 Å². The molecule has 0 aliphatic carbocycles. The molecule has 4 nitrogen and oxygen atoms in total. The maximum absolute atomic E-state index is 7.00. The second kappa shape index (κ2) is 5.29. The van der Waals surface area contributed by atoms with E-state index in [2.05, 4.69) is 33.0 Å². The Morgan fingerprint density at radius 3 is 1.38 bits per heavy atom. The summed E-state index contributed by atoms with van der Waals surface area (Å²) in [6.45, 7) is 9.14. The molecule has 80 valence electrons. The molecule has 4 N–H and O–H groups in total. The summed E-state index contributed by atoms with van der Waals surface area (Å²) in [5, 5.41) is 3.63. The summed E-state index contributed by atoms with van der Waals surface area (Å²) < 4.78 is 0. The van der Waals surface area contributed by atoms with E-state index in [1.165, 1.54) is 19.3 Å². The number of hydrogen-bond donors (Lipinski definition) is 2. The third-order valence-corrected chi connectivity index (χ3v) is 2.28. The molecule has 4 heteroatoms. The van der Waals surface area contributed by atoms with Crippen LogP contribution in [0.15, 0.2) is 0 Å². The molecule has 0 aromatic carbocycles. The highest BCUT2D eigenvalue weighted by atomic mass is 16.7. The van der Waals surface area contributed by atoms with Gasteiger partial charge in [-0.25, -0.2) is 0 Å². The smallest absolute Gasteiger partial charge is 0.0130 e. The highest BCUT2D eigenvalue weighted by molar-refractivity contribution is 4.92. The van der Waals surface area contributed by atoms with Crippen LogP contribution in [-0.4, -0.2) is 11.1 Å². The quantitative estimate of drug-likeness (QED) is 0.615. The molecule has 0 atom stereocenters. The fourth-order valence-electron chi connectivity index (χ4n) is 2.01. The lowest BCUT2D eigenvalue weighted by Gasteiger charge is -2.42. The minimum Gasteiger partial charge on any atom is -0.344 e. The van der Waals surface area contributed by atoms with Crippen LogP contribution in [0.5, 0.6) is 0 Å². The van der Waals surface area contributed by atoms with Gasteiger partial charge >= 0.3 is 0 Å². The van der Waals surface area contributed by atoms with Crippen molar-refractivity contribution < 1.29 is 0 Å². The van der Waals surface area contributed by atoms with Gasteiger partial charge in [-0.05, 0) is 47.0 Å². The first kappa shape index (κ1) is 15.0. The van der Waals surface area contributed by atoms with Crippen LogP contribution in [0.4, 0.5) is 0 Å². The van der Waals surface area contributed by atoms with Crippen molar-refractivity contribution in [2.24, 2.45) is 0 Å². The Labute approximate surface area is 80.3 Å². The first-order valence-electron chi connectivity index (χ1n) is 4.37. The van der Waals surface area contributed by atoms with Crippen molar-refractivity contribution in [3.8, 4) is 0 Å². The largest absolute Gasteiger partial charge is 0.344 e. The van der Waals surface area contributed by atoms with E-state index in [-0.39, 0.29) is 6.15 Å². The minimum atomic E-state index is 0. The molecule has 0 bridgehead atoms. The monoisotopic (exact) mass is 190 g/mol. The second-order valence-corrected chi connectivity index (χ2v) is 4.75. The molecule has 0 amide bonds. The Kier molecular flexibility index (Phi) is 6.11. The predicted molar refractivity (Wildman–Crippen MR) is 56.9 cm³/mol. The molecule has 0 unspecified atom stereocenters. The van der Waals surface area contributed by atoms with Crippen LogP contribution in [0.1, 0.15) is 47.0 Å². The fourth-order valence-corrected chi connectivity index (χ4v) is 2.01. The van der Waals surface area contributed by atoms with Crippen LogP contribution in [0.3, 0.4) is 0 Å². The van der Waals surface area contributed by atoms with Crippen molar-refractivity contribution in [2.75, 3.05) is 0 Å². The van der Waals surface area contributed by atoms with E-state index < -0.39 is 0 Å². The molecule has 1 aliphatic rings. The van der Waals surface area contributed by atoms with E-state index in [9.17, 15) is 0 Å². The summed E-state index contributed by atoms with van der Waals surface area (Å²) in [7, 11) is 0. The zero-order chi connectivity index (χ0) is 9.83. The van der Waals surface area contributed by atoms with Crippen LogP contribution in [0.25, 0.3) is 0 Å². The molecule has 0 spiro atoms. The maximum atomic E-state index is 7.00. The first-order valence-corrected chi connectivity index (χ1v) is 4.37. The van der Waals surface area contributed by atoms with Crippen molar-refractivity contribution in [3.05, 3.63) is 9.93 Å². The predicted octanol–water partition coefficient (Wildman–Crippen LogP) is 2.55. The highest BCUT2D eigenvalue weighted by Crippen LogP contribution is 2.27. The summed E-state index contributed by atoms with van der Waals surface area (Å²) in [4.78, 5) is 14.0. The summed E-state index contributed by atoms with van der Waals surface area (Å²) in [5.41, 5.74) is 0.726. The van der Waals surface area contributed by atoms with Crippen LogP contribution >= 0.6 is 0 Å². The highest BCUT2D eigenvalue weighted by Gasteiger charge is 2.31. The van der Waals surface area contributed by atoms with Gasteiger partial charge in [-0.3, -0.25) is 0 Å². The van der Waals surface area contributed by atoms with E-state index >= 15 is 0 Å². The number of rotatable bonds is 0. The molecule has 0 aromatic rings. The van der Waals surface area contributed by atoms with Gasteiger partial charge in [0.1, 0.15) is 0 Å². The first-order chi connectivity index (χ1) is 5.41. The molecule has 1 rings (SSSR count). The molecular formula is C9H22N2O2. The lowest BCUT2D eigenvalue weighted by molar-refractivity contribution is 0.183. The fraction of sp³-hybridized carbons (Fsp3) is 1.00. The van der Waals surface area contributed by atoms with Crippen molar-refractivity contribution in [3.63, 3.8) is 0 Å². The Morgan fingerprint density at radius 2 is 1.23 bits per heavy atom. The molecule has 0 aromatic heterocycles. The van der Waals surface area contributed by atoms with E-state index in [0.29, 0.717) is 11.1 Å². The average Bonchev–Trinajstić information content (AvgIpc) is 1.86. The van der Waals surface area contributed by atoms with Gasteiger partial charge in [0.2, 0.25) is 0 Å². The zero-order valence-corrected chi connectivity index (χ0v) is 9.14. The number of nitrogens with one attached hydrogen (secondary N) is 1. The van der Waals surface area contributed by atoms with Crippen LogP contribution in [0.2, 0.25) is 0 Å². The van der Waals surface area contributed by atoms with E-state index in [4.69, 9.17) is 9.93 Å². The molecule has 0 radical (unpaired) electrons. The second-order valence-electron chi connectivity index (χ2n) is 4.75. The third-order valence-electron chi connectivity index (χ3n) is 2.28. The van der Waals surface area contributed by atoms with Crippen molar-refractivity contribution in [1.82, 2.24) is 11.5 Å². The van der Waals surface area contributed by atoms with Gasteiger partial charge in [0.05, 0.1) is 0 Å². The van der Waals surface area contributed by atoms with Crippen LogP contribution in [0, 0.1) is 9.93 Å². The van der Waals surface area contributed by atoms with Gasteiger partial charge in [0, 0.05) is 21.0 Å². The number of hydrogen-bond acceptors (Lipinski definition) is 4. The third kappa shape index (κ3) is 5.71. The van der Waals surface area contributed by atoms with Crippen LogP contribution < -0.4 is 11.5 Å². The molecule has 1 saturated heterocycles. The molecule has 1 heterocycles. The Morgan fingerprint density at radius 1 is 0.923 bits per heavy atom. The summed E-state index contributed by atoms with van der Waals surface area (Å²) in [5.74, 6) is 0. The summed E-state index contributed by atoms with van der Waals surface area (Å²) >= 11 is 0. The number of piperidine rings is 1. The summed E-state index contributed by atoms with van der Waals surface area (Å²) in [6, 6.07) is 0. The van der Waals surface area contributed by atoms with E-state index in [1.54, 1.807) is 0 Å². The van der Waals surface area contributed by atoms with Gasteiger partial charge in [0.25, 0.3) is 0 Å². The van der Waals surface area contributed by atoms with E-state index in [0.717, 1.165) is 0 Å². The molecule has 1 aliphatic heterocycles. The zero-order valence-electron chi connectivity index (χ0n) is 9.14. The van der Waals surface area contributed by atoms with Gasteiger partial charge in [-0.2, -0.15) is 0 Å².